The average Bonchev–Trinajstić information content (AvgIpc) is 3.05. The molecular weight excluding hydrogens is 332 g/mol. The zero-order valence-electron chi connectivity index (χ0n) is 14.5. The maximum Gasteiger partial charge on any atom is 0.246 e. The highest BCUT2D eigenvalue weighted by Gasteiger charge is 2.11. The standard InChI is InChI=1S/C19H20N4OS/c1-12-8-9-14(3)16(10-12)21-19(25)20-11-17-22-18(23-24-17)15-7-5-4-6-13(15)2/h4-10H,11H2,1-3H3,(H2,20,21,25). The molecule has 0 aliphatic carbocycles. The van der Waals surface area contributed by atoms with Gasteiger partial charge in [-0.25, -0.2) is 0 Å². The first-order valence-electron chi connectivity index (χ1n) is 8.03. The SMILES string of the molecule is Cc1ccc(C)c(NC(=S)NCc2nc(-c3ccccc3C)no2)c1. The molecule has 2 aromatic carbocycles. The van der Waals surface area contributed by atoms with Crippen molar-refractivity contribution in [3.05, 3.63) is 65.0 Å². The highest BCUT2D eigenvalue weighted by atomic mass is 32.1. The Morgan fingerprint density at radius 2 is 1.88 bits per heavy atom. The van der Waals surface area contributed by atoms with E-state index in [1.54, 1.807) is 0 Å². The molecule has 1 heterocycles. The van der Waals surface area contributed by atoms with Crippen LogP contribution in [0.15, 0.2) is 47.0 Å². The van der Waals surface area contributed by atoms with Gasteiger partial charge in [0, 0.05) is 11.3 Å². The molecule has 0 unspecified atom stereocenters. The molecular formula is C19H20N4OS. The van der Waals surface area contributed by atoms with E-state index in [0.717, 1.165) is 22.4 Å². The van der Waals surface area contributed by atoms with E-state index in [1.165, 1.54) is 5.56 Å². The fourth-order valence-electron chi connectivity index (χ4n) is 2.45. The predicted octanol–water partition coefficient (Wildman–Crippen LogP) is 4.15. The van der Waals surface area contributed by atoms with Gasteiger partial charge >= 0.3 is 0 Å². The number of thiocarbonyl (C=S) groups is 1. The zero-order chi connectivity index (χ0) is 17.8. The number of rotatable bonds is 4. The van der Waals surface area contributed by atoms with Crippen LogP contribution in [0.25, 0.3) is 11.4 Å². The second kappa shape index (κ2) is 7.44. The monoisotopic (exact) mass is 352 g/mol. The van der Waals surface area contributed by atoms with E-state index < -0.39 is 0 Å². The Hall–Kier alpha value is -2.73. The Bertz CT molecular complexity index is 904. The molecule has 128 valence electrons. The van der Waals surface area contributed by atoms with Gasteiger partial charge < -0.3 is 15.2 Å². The van der Waals surface area contributed by atoms with E-state index in [-0.39, 0.29) is 0 Å². The Balaban J connectivity index is 1.61. The van der Waals surface area contributed by atoms with Crippen molar-refractivity contribution in [3.8, 4) is 11.4 Å². The Morgan fingerprint density at radius 1 is 1.08 bits per heavy atom. The van der Waals surface area contributed by atoms with Crippen molar-refractivity contribution >= 4 is 23.0 Å². The van der Waals surface area contributed by atoms with Gasteiger partial charge in [-0.2, -0.15) is 4.98 Å². The minimum atomic E-state index is 0.371. The van der Waals surface area contributed by atoms with Crippen molar-refractivity contribution < 1.29 is 4.52 Å². The van der Waals surface area contributed by atoms with Crippen LogP contribution in [-0.4, -0.2) is 15.3 Å². The van der Waals surface area contributed by atoms with Crippen LogP contribution in [0, 0.1) is 20.8 Å². The molecule has 0 saturated carbocycles. The van der Waals surface area contributed by atoms with Crippen LogP contribution in [0.2, 0.25) is 0 Å². The second-order valence-corrected chi connectivity index (χ2v) is 6.36. The summed E-state index contributed by atoms with van der Waals surface area (Å²) in [6.07, 6.45) is 0. The smallest absolute Gasteiger partial charge is 0.246 e. The van der Waals surface area contributed by atoms with Gasteiger partial charge in [-0.3, -0.25) is 0 Å². The number of hydrogen-bond donors (Lipinski definition) is 2. The largest absolute Gasteiger partial charge is 0.353 e. The number of aromatic nitrogens is 2. The van der Waals surface area contributed by atoms with Gasteiger partial charge in [-0.1, -0.05) is 41.6 Å². The molecule has 0 radical (unpaired) electrons. The summed E-state index contributed by atoms with van der Waals surface area (Å²) < 4.78 is 5.31. The Kier molecular flexibility index (Phi) is 5.09. The van der Waals surface area contributed by atoms with Crippen LogP contribution < -0.4 is 10.6 Å². The summed E-state index contributed by atoms with van der Waals surface area (Å²) in [4.78, 5) is 4.42. The molecule has 0 atom stereocenters. The van der Waals surface area contributed by atoms with E-state index in [1.807, 2.05) is 45.0 Å². The molecule has 6 heteroatoms. The minimum absolute atomic E-state index is 0.371. The van der Waals surface area contributed by atoms with Crippen LogP contribution in [0.5, 0.6) is 0 Å². The van der Waals surface area contributed by atoms with E-state index in [0.29, 0.717) is 23.4 Å². The van der Waals surface area contributed by atoms with E-state index >= 15 is 0 Å². The van der Waals surface area contributed by atoms with Gasteiger partial charge in [-0.15, -0.1) is 0 Å². The molecule has 3 rings (SSSR count). The number of benzene rings is 2. The van der Waals surface area contributed by atoms with Crippen LogP contribution >= 0.6 is 12.2 Å². The lowest BCUT2D eigenvalue weighted by molar-refractivity contribution is 0.376. The normalized spacial score (nSPS) is 10.5. The summed E-state index contributed by atoms with van der Waals surface area (Å²) in [5, 5.41) is 10.9. The van der Waals surface area contributed by atoms with Crippen LogP contribution in [0.3, 0.4) is 0 Å². The average molecular weight is 352 g/mol. The molecule has 1 aromatic heterocycles. The van der Waals surface area contributed by atoms with Crippen LogP contribution in [0.1, 0.15) is 22.6 Å². The van der Waals surface area contributed by atoms with Gasteiger partial charge in [0.2, 0.25) is 11.7 Å². The van der Waals surface area contributed by atoms with Crippen molar-refractivity contribution in [3.63, 3.8) is 0 Å². The van der Waals surface area contributed by atoms with Crippen molar-refractivity contribution in [2.45, 2.75) is 27.3 Å². The molecule has 3 aromatic rings. The lowest BCUT2D eigenvalue weighted by Crippen LogP contribution is -2.28. The predicted molar refractivity (Wildman–Crippen MR) is 103 cm³/mol. The summed E-state index contributed by atoms with van der Waals surface area (Å²) >= 11 is 5.35. The molecule has 5 nitrogen and oxygen atoms in total. The number of anilines is 1. The van der Waals surface area contributed by atoms with Crippen LogP contribution in [-0.2, 0) is 6.54 Å². The first-order valence-corrected chi connectivity index (χ1v) is 8.44. The van der Waals surface area contributed by atoms with Gasteiger partial charge in [0.25, 0.3) is 0 Å². The topological polar surface area (TPSA) is 63.0 Å². The molecule has 0 aliphatic heterocycles. The number of hydrogen-bond acceptors (Lipinski definition) is 4. The molecule has 0 amide bonds. The molecule has 0 bridgehead atoms. The summed E-state index contributed by atoms with van der Waals surface area (Å²) in [5.74, 6) is 1.08. The fourth-order valence-corrected chi connectivity index (χ4v) is 2.63. The molecule has 0 aliphatic rings. The molecule has 0 spiro atoms. The molecule has 0 fully saturated rings. The summed E-state index contributed by atoms with van der Waals surface area (Å²) in [6.45, 7) is 6.48. The lowest BCUT2D eigenvalue weighted by Gasteiger charge is -2.12. The molecule has 25 heavy (non-hydrogen) atoms. The highest BCUT2D eigenvalue weighted by Crippen LogP contribution is 2.20. The Labute approximate surface area is 152 Å². The highest BCUT2D eigenvalue weighted by molar-refractivity contribution is 7.80. The maximum atomic E-state index is 5.35. The Morgan fingerprint density at radius 3 is 2.68 bits per heavy atom. The van der Waals surface area contributed by atoms with E-state index in [2.05, 4.69) is 39.0 Å². The summed E-state index contributed by atoms with van der Waals surface area (Å²) in [6, 6.07) is 14.1. The summed E-state index contributed by atoms with van der Waals surface area (Å²) in [7, 11) is 0. The zero-order valence-corrected chi connectivity index (χ0v) is 15.3. The number of nitrogens with zero attached hydrogens (tertiary/aromatic N) is 2. The molecule has 0 saturated heterocycles. The molecule has 2 N–H and O–H groups in total. The third kappa shape index (κ3) is 4.22. The number of aryl methyl sites for hydroxylation is 3. The summed E-state index contributed by atoms with van der Waals surface area (Å²) in [5.41, 5.74) is 5.37. The van der Waals surface area contributed by atoms with Gasteiger partial charge in [0.1, 0.15) is 0 Å². The van der Waals surface area contributed by atoms with Crippen molar-refractivity contribution in [1.29, 1.82) is 0 Å². The second-order valence-electron chi connectivity index (χ2n) is 5.95. The third-order valence-corrected chi connectivity index (χ3v) is 4.14. The fraction of sp³-hybridized carbons (Fsp3) is 0.211. The maximum absolute atomic E-state index is 5.35. The van der Waals surface area contributed by atoms with Crippen LogP contribution in [0.4, 0.5) is 5.69 Å². The van der Waals surface area contributed by atoms with Gasteiger partial charge in [0.15, 0.2) is 5.11 Å². The van der Waals surface area contributed by atoms with Crippen molar-refractivity contribution in [2.75, 3.05) is 5.32 Å². The van der Waals surface area contributed by atoms with Crippen molar-refractivity contribution in [2.24, 2.45) is 0 Å². The van der Waals surface area contributed by atoms with Gasteiger partial charge in [-0.05, 0) is 55.7 Å². The number of nitrogens with one attached hydrogen (secondary N) is 2. The third-order valence-electron chi connectivity index (χ3n) is 3.90. The quantitative estimate of drug-likeness (QED) is 0.688. The van der Waals surface area contributed by atoms with Gasteiger partial charge in [0.05, 0.1) is 6.54 Å². The minimum Gasteiger partial charge on any atom is -0.353 e. The van der Waals surface area contributed by atoms with E-state index in [4.69, 9.17) is 16.7 Å². The van der Waals surface area contributed by atoms with E-state index in [9.17, 15) is 0 Å². The first-order chi connectivity index (χ1) is 12.0. The van der Waals surface area contributed by atoms with Crippen molar-refractivity contribution in [1.82, 2.24) is 15.5 Å². The first kappa shape index (κ1) is 17.1. The lowest BCUT2D eigenvalue weighted by atomic mass is 10.1.